The van der Waals surface area contributed by atoms with E-state index < -0.39 is 16.9 Å². The Kier molecular flexibility index (Phi) is 4.94. The second-order valence-corrected chi connectivity index (χ2v) is 3.97. The summed E-state index contributed by atoms with van der Waals surface area (Å²) in [5.74, 6) is -0.862. The molecule has 1 rings (SSSR count). The number of nitro benzene ring substituents is 1. The van der Waals surface area contributed by atoms with Crippen LogP contribution in [0.2, 0.25) is 0 Å². The van der Waals surface area contributed by atoms with Crippen molar-refractivity contribution in [2.24, 2.45) is 5.92 Å². The van der Waals surface area contributed by atoms with E-state index >= 15 is 0 Å². The number of benzene rings is 1. The number of methoxy groups -OCH3 is 1. The van der Waals surface area contributed by atoms with Crippen LogP contribution in [0.15, 0.2) is 24.3 Å². The van der Waals surface area contributed by atoms with Crippen LogP contribution in [0.3, 0.4) is 0 Å². The zero-order chi connectivity index (χ0) is 13.7. The van der Waals surface area contributed by atoms with Crippen LogP contribution in [-0.2, 0) is 9.53 Å². The van der Waals surface area contributed by atoms with E-state index in [4.69, 9.17) is 4.74 Å². The topological polar surface area (TPSA) is 89.7 Å². The quantitative estimate of drug-likeness (QED) is 0.612. The van der Waals surface area contributed by atoms with Gasteiger partial charge < -0.3 is 9.84 Å². The molecule has 6 heteroatoms. The highest BCUT2D eigenvalue weighted by Gasteiger charge is 2.25. The fourth-order valence-electron chi connectivity index (χ4n) is 1.64. The zero-order valence-corrected chi connectivity index (χ0v) is 10.2. The minimum Gasteiger partial charge on any atom is -0.388 e. The van der Waals surface area contributed by atoms with Crippen molar-refractivity contribution in [3.63, 3.8) is 0 Å². The number of carbonyl (C=O) groups is 1. The molecule has 0 aliphatic carbocycles. The van der Waals surface area contributed by atoms with Crippen LogP contribution in [0.4, 0.5) is 5.69 Å². The molecule has 0 amide bonds. The van der Waals surface area contributed by atoms with Crippen LogP contribution in [0.25, 0.3) is 0 Å². The summed E-state index contributed by atoms with van der Waals surface area (Å²) in [6.07, 6.45) is -1.02. The smallest absolute Gasteiger partial charge is 0.269 e. The Morgan fingerprint density at radius 2 is 2.00 bits per heavy atom. The van der Waals surface area contributed by atoms with Crippen molar-refractivity contribution in [1.29, 1.82) is 0 Å². The third-order valence-electron chi connectivity index (χ3n) is 2.69. The van der Waals surface area contributed by atoms with Crippen LogP contribution >= 0.6 is 0 Å². The Labute approximate surface area is 104 Å². The minimum absolute atomic E-state index is 0.0583. The summed E-state index contributed by atoms with van der Waals surface area (Å²) >= 11 is 0. The first-order chi connectivity index (χ1) is 8.47. The van der Waals surface area contributed by atoms with Crippen molar-refractivity contribution in [3.8, 4) is 0 Å². The first-order valence-corrected chi connectivity index (χ1v) is 5.39. The summed E-state index contributed by atoms with van der Waals surface area (Å²) in [4.78, 5) is 21.4. The maximum atomic E-state index is 11.4. The van der Waals surface area contributed by atoms with Crippen molar-refractivity contribution in [2.45, 2.75) is 13.0 Å². The molecule has 6 nitrogen and oxygen atoms in total. The largest absolute Gasteiger partial charge is 0.388 e. The van der Waals surface area contributed by atoms with Gasteiger partial charge in [0.25, 0.3) is 5.69 Å². The molecule has 2 atom stereocenters. The van der Waals surface area contributed by atoms with E-state index in [0.717, 1.165) is 0 Å². The maximum Gasteiger partial charge on any atom is 0.269 e. The van der Waals surface area contributed by atoms with E-state index in [2.05, 4.69) is 0 Å². The van der Waals surface area contributed by atoms with E-state index in [0.29, 0.717) is 5.56 Å². The molecule has 0 aromatic heterocycles. The fourth-order valence-corrected chi connectivity index (χ4v) is 1.64. The van der Waals surface area contributed by atoms with Crippen LogP contribution in [-0.4, -0.2) is 29.5 Å². The number of aliphatic hydroxyl groups excluding tert-OH is 1. The number of hydrogen-bond donors (Lipinski definition) is 1. The zero-order valence-electron chi connectivity index (χ0n) is 10.2. The summed E-state index contributed by atoms with van der Waals surface area (Å²) in [6, 6.07) is 5.47. The minimum atomic E-state index is -1.02. The maximum absolute atomic E-state index is 11.4. The highest BCUT2D eigenvalue weighted by Crippen LogP contribution is 2.25. The third kappa shape index (κ3) is 3.35. The Morgan fingerprint density at radius 1 is 1.44 bits per heavy atom. The van der Waals surface area contributed by atoms with Gasteiger partial charge in [-0.15, -0.1) is 0 Å². The van der Waals surface area contributed by atoms with Gasteiger partial charge in [-0.2, -0.15) is 0 Å². The first kappa shape index (κ1) is 14.3. The number of Topliss-reactive ketones (excluding diaryl/α,β-unsaturated/α-hetero) is 1. The Morgan fingerprint density at radius 3 is 2.39 bits per heavy atom. The Hall–Kier alpha value is -1.79. The van der Waals surface area contributed by atoms with E-state index in [-0.39, 0.29) is 18.1 Å². The number of ketones is 1. The van der Waals surface area contributed by atoms with E-state index in [1.165, 1.54) is 38.3 Å². The second-order valence-electron chi connectivity index (χ2n) is 3.97. The number of rotatable bonds is 6. The van der Waals surface area contributed by atoms with Crippen molar-refractivity contribution in [2.75, 3.05) is 13.7 Å². The third-order valence-corrected chi connectivity index (χ3v) is 2.69. The molecule has 1 aromatic rings. The molecule has 1 N–H and O–H groups in total. The van der Waals surface area contributed by atoms with Gasteiger partial charge in [-0.25, -0.2) is 0 Å². The molecule has 0 fully saturated rings. The second kappa shape index (κ2) is 6.23. The molecule has 0 saturated carbocycles. The van der Waals surface area contributed by atoms with E-state index in [1.54, 1.807) is 0 Å². The highest BCUT2D eigenvalue weighted by molar-refractivity contribution is 5.79. The van der Waals surface area contributed by atoms with Crippen molar-refractivity contribution < 1.29 is 19.6 Å². The lowest BCUT2D eigenvalue weighted by molar-refractivity contribution is -0.384. The van der Waals surface area contributed by atoms with Gasteiger partial charge in [-0.1, -0.05) is 0 Å². The van der Waals surface area contributed by atoms with E-state index in [9.17, 15) is 20.0 Å². The predicted molar refractivity (Wildman–Crippen MR) is 64.1 cm³/mol. The molecule has 0 heterocycles. The van der Waals surface area contributed by atoms with Crippen molar-refractivity contribution >= 4 is 11.5 Å². The summed E-state index contributed by atoms with van der Waals surface area (Å²) in [6.45, 7) is 1.48. The molecule has 1 aromatic carbocycles. The molecule has 98 valence electrons. The SMILES string of the molecule is COCC(C(C)=O)C(O)c1ccc([N+](=O)[O-])cc1. The fraction of sp³-hybridized carbons (Fsp3) is 0.417. The van der Waals surface area contributed by atoms with Gasteiger partial charge in [-0.05, 0) is 24.6 Å². The number of carbonyl (C=O) groups excluding carboxylic acids is 1. The average Bonchev–Trinajstić information content (AvgIpc) is 2.35. The van der Waals surface area contributed by atoms with Crippen molar-refractivity contribution in [3.05, 3.63) is 39.9 Å². The first-order valence-electron chi connectivity index (χ1n) is 5.39. The number of aliphatic hydroxyl groups is 1. The molecule has 0 spiro atoms. The van der Waals surface area contributed by atoms with Crippen LogP contribution in [0.5, 0.6) is 0 Å². The van der Waals surface area contributed by atoms with Crippen LogP contribution < -0.4 is 0 Å². The summed E-state index contributed by atoms with van der Waals surface area (Å²) in [5.41, 5.74) is 0.398. The average molecular weight is 253 g/mol. The van der Waals surface area contributed by atoms with Gasteiger partial charge in [0.2, 0.25) is 0 Å². The predicted octanol–water partition coefficient (Wildman–Crippen LogP) is 1.48. The van der Waals surface area contributed by atoms with Gasteiger partial charge in [0.05, 0.1) is 23.6 Å². The lowest BCUT2D eigenvalue weighted by atomic mass is 9.93. The number of nitrogens with zero attached hydrogens (tertiary/aromatic N) is 1. The summed E-state index contributed by atoms with van der Waals surface area (Å²) < 4.78 is 4.88. The van der Waals surface area contributed by atoms with E-state index in [1.807, 2.05) is 0 Å². The number of hydrogen-bond acceptors (Lipinski definition) is 5. The van der Waals surface area contributed by atoms with Gasteiger partial charge in [-0.3, -0.25) is 14.9 Å². The van der Waals surface area contributed by atoms with Crippen LogP contribution in [0, 0.1) is 16.0 Å². The normalized spacial score (nSPS) is 13.9. The number of non-ortho nitro benzene ring substituents is 1. The molecule has 0 bridgehead atoms. The standard InChI is InChI=1S/C12H15NO5/c1-8(14)11(7-18-2)12(15)9-3-5-10(6-4-9)13(16)17/h3-6,11-12,15H,7H2,1-2H3. The lowest BCUT2D eigenvalue weighted by Gasteiger charge is -2.19. The molecule has 0 radical (unpaired) electrons. The Bertz CT molecular complexity index is 429. The highest BCUT2D eigenvalue weighted by atomic mass is 16.6. The Balaban J connectivity index is 2.91. The molecule has 0 aliphatic heterocycles. The van der Waals surface area contributed by atoms with Gasteiger partial charge in [0.15, 0.2) is 0 Å². The molecule has 0 aliphatic rings. The van der Waals surface area contributed by atoms with Crippen molar-refractivity contribution in [1.82, 2.24) is 0 Å². The number of ether oxygens (including phenoxy) is 1. The summed E-state index contributed by atoms with van der Waals surface area (Å²) in [5, 5.41) is 20.5. The van der Waals surface area contributed by atoms with Gasteiger partial charge in [0.1, 0.15) is 5.78 Å². The molecule has 2 unspecified atom stereocenters. The molecular weight excluding hydrogens is 238 g/mol. The van der Waals surface area contributed by atoms with Gasteiger partial charge in [0, 0.05) is 19.2 Å². The summed E-state index contributed by atoms with van der Waals surface area (Å²) in [7, 11) is 1.44. The lowest BCUT2D eigenvalue weighted by Crippen LogP contribution is -2.24. The molecule has 18 heavy (non-hydrogen) atoms. The monoisotopic (exact) mass is 253 g/mol. The van der Waals surface area contributed by atoms with Gasteiger partial charge >= 0.3 is 0 Å². The molecule has 0 saturated heterocycles. The molecular formula is C12H15NO5. The number of nitro groups is 1. The van der Waals surface area contributed by atoms with Crippen LogP contribution in [0.1, 0.15) is 18.6 Å².